The molecule has 0 unspecified atom stereocenters. The van der Waals surface area contributed by atoms with E-state index >= 15 is 0 Å². The number of carbonyl (C=O) groups excluding carboxylic acids is 4. The van der Waals surface area contributed by atoms with E-state index < -0.39 is 17.8 Å². The summed E-state index contributed by atoms with van der Waals surface area (Å²) in [6, 6.07) is 17.1. The van der Waals surface area contributed by atoms with Crippen LogP contribution in [0.3, 0.4) is 0 Å². The van der Waals surface area contributed by atoms with E-state index in [1.165, 1.54) is 11.6 Å². The summed E-state index contributed by atoms with van der Waals surface area (Å²) >= 11 is 0. The molecule has 4 atom stereocenters. The molecular formula is C35H34N2O5. The number of piperidine rings is 1. The second-order valence-corrected chi connectivity index (χ2v) is 12.3. The molecule has 2 aromatic rings. The summed E-state index contributed by atoms with van der Waals surface area (Å²) in [5.41, 5.74) is 3.86. The molecule has 1 N–H and O–H groups in total. The quantitative estimate of drug-likeness (QED) is 0.335. The lowest BCUT2D eigenvalue weighted by atomic mass is 9.59. The number of likely N-dealkylation sites (tertiary alicyclic amines) is 2. The van der Waals surface area contributed by atoms with Gasteiger partial charge in [-0.1, -0.05) is 60.2 Å². The van der Waals surface area contributed by atoms with Gasteiger partial charge in [0, 0.05) is 53.9 Å². The van der Waals surface area contributed by atoms with Crippen molar-refractivity contribution in [2.45, 2.75) is 51.1 Å². The topological polar surface area (TPSA) is 95.0 Å². The van der Waals surface area contributed by atoms with Crippen molar-refractivity contribution in [3.8, 4) is 5.75 Å². The zero-order chi connectivity index (χ0) is 29.1. The minimum Gasteiger partial charge on any atom is -0.508 e. The molecule has 214 valence electrons. The maximum Gasteiger partial charge on any atom is 0.233 e. The smallest absolute Gasteiger partial charge is 0.233 e. The molecule has 3 aliphatic carbocycles. The number of para-hydroxylation sites is 1. The number of imide groups is 1. The van der Waals surface area contributed by atoms with Crippen LogP contribution in [-0.4, -0.2) is 57.4 Å². The first-order valence-corrected chi connectivity index (χ1v) is 14.9. The number of nitrogens with zero attached hydrogens (tertiary/aromatic N) is 2. The number of aromatic hydroxyl groups is 1. The molecule has 7 nitrogen and oxygen atoms in total. The van der Waals surface area contributed by atoms with Crippen molar-refractivity contribution in [1.82, 2.24) is 9.80 Å². The van der Waals surface area contributed by atoms with Crippen molar-refractivity contribution in [3.63, 3.8) is 0 Å². The molecule has 7 heteroatoms. The van der Waals surface area contributed by atoms with Crippen LogP contribution < -0.4 is 0 Å². The van der Waals surface area contributed by atoms with E-state index in [-0.39, 0.29) is 47.5 Å². The average molecular weight is 563 g/mol. The highest BCUT2D eigenvalue weighted by molar-refractivity contribution is 6.23. The van der Waals surface area contributed by atoms with Gasteiger partial charge in [-0.25, -0.2) is 0 Å². The first kappa shape index (κ1) is 26.8. The van der Waals surface area contributed by atoms with Gasteiger partial charge in [0.1, 0.15) is 5.75 Å². The number of fused-ring (bicyclic) bond motifs is 3. The normalized spacial score (nSPS) is 28.4. The highest BCUT2D eigenvalue weighted by atomic mass is 16.3. The van der Waals surface area contributed by atoms with E-state index in [4.69, 9.17) is 0 Å². The third-order valence-corrected chi connectivity index (χ3v) is 10.0. The van der Waals surface area contributed by atoms with Crippen molar-refractivity contribution < 1.29 is 24.3 Å². The van der Waals surface area contributed by atoms with Crippen LogP contribution in [0.2, 0.25) is 0 Å². The Bertz CT molecular complexity index is 1590. The number of benzene rings is 2. The summed E-state index contributed by atoms with van der Waals surface area (Å²) in [7, 11) is 0. The van der Waals surface area contributed by atoms with Crippen molar-refractivity contribution in [2.24, 2.45) is 17.8 Å². The predicted octanol–water partition coefficient (Wildman–Crippen LogP) is 4.49. The summed E-state index contributed by atoms with van der Waals surface area (Å²) in [5, 5.41) is 10.9. The Morgan fingerprint density at radius 3 is 2.33 bits per heavy atom. The van der Waals surface area contributed by atoms with E-state index in [2.05, 4.69) is 17.0 Å². The third-order valence-electron chi connectivity index (χ3n) is 10.0. The fraction of sp³-hybridized carbons (Fsp3) is 0.371. The molecular weight excluding hydrogens is 528 g/mol. The molecule has 5 aliphatic rings. The van der Waals surface area contributed by atoms with Gasteiger partial charge in [-0.2, -0.15) is 0 Å². The van der Waals surface area contributed by atoms with Crippen LogP contribution in [0, 0.1) is 17.8 Å². The van der Waals surface area contributed by atoms with Gasteiger partial charge < -0.3 is 5.11 Å². The SMILES string of the molecule is CC1=CC(=O)C2=C(C[C@@H]3C(=CC[C@@H]4C(=O)N(C5CCN(Cc6ccccc6)CC5)C(=O)[C@@H]43)[C@@H]2c2ccccc2O)C1=O. The first-order valence-electron chi connectivity index (χ1n) is 14.9. The summed E-state index contributed by atoms with van der Waals surface area (Å²) in [5.74, 6) is -2.67. The van der Waals surface area contributed by atoms with Crippen LogP contribution in [0.25, 0.3) is 0 Å². The Kier molecular flexibility index (Phi) is 6.58. The minimum atomic E-state index is -0.625. The summed E-state index contributed by atoms with van der Waals surface area (Å²) in [6.07, 6.45) is 5.53. The average Bonchev–Trinajstić information content (AvgIpc) is 3.25. The molecule has 0 bridgehead atoms. The van der Waals surface area contributed by atoms with Crippen molar-refractivity contribution >= 4 is 23.4 Å². The zero-order valence-corrected chi connectivity index (χ0v) is 23.7. The molecule has 2 heterocycles. The Balaban J connectivity index is 1.18. The number of hydrogen-bond acceptors (Lipinski definition) is 6. The van der Waals surface area contributed by atoms with Gasteiger partial charge in [0.2, 0.25) is 11.8 Å². The lowest BCUT2D eigenvalue weighted by molar-refractivity contribution is -0.144. The molecule has 42 heavy (non-hydrogen) atoms. The number of rotatable bonds is 4. The lowest BCUT2D eigenvalue weighted by Crippen LogP contribution is -2.47. The number of carbonyl (C=O) groups is 4. The Morgan fingerprint density at radius 1 is 0.881 bits per heavy atom. The largest absolute Gasteiger partial charge is 0.508 e. The predicted molar refractivity (Wildman–Crippen MR) is 156 cm³/mol. The first-order chi connectivity index (χ1) is 20.3. The molecule has 2 amide bonds. The van der Waals surface area contributed by atoms with Crippen LogP contribution >= 0.6 is 0 Å². The van der Waals surface area contributed by atoms with Crippen molar-refractivity contribution in [3.05, 3.63) is 100 Å². The maximum atomic E-state index is 14.2. The number of allylic oxidation sites excluding steroid dienone is 6. The Hall–Kier alpha value is -4.10. The summed E-state index contributed by atoms with van der Waals surface area (Å²) in [6.45, 7) is 4.12. The van der Waals surface area contributed by atoms with E-state index in [9.17, 15) is 24.3 Å². The number of phenolic OH excluding ortho intramolecular Hbond substituents is 1. The van der Waals surface area contributed by atoms with Gasteiger partial charge in [-0.3, -0.25) is 29.0 Å². The van der Waals surface area contributed by atoms with Gasteiger partial charge in [0.15, 0.2) is 11.6 Å². The van der Waals surface area contributed by atoms with Crippen LogP contribution in [-0.2, 0) is 25.7 Å². The Morgan fingerprint density at radius 2 is 1.60 bits per heavy atom. The fourth-order valence-corrected chi connectivity index (χ4v) is 8.03. The monoisotopic (exact) mass is 562 g/mol. The molecule has 0 spiro atoms. The molecule has 7 rings (SSSR count). The van der Waals surface area contributed by atoms with Gasteiger partial charge >= 0.3 is 0 Å². The Labute approximate surface area is 245 Å². The standard InChI is InChI=1S/C35H34N2O5/c1-20-17-29(39)32-27(33(20)40)18-26-23(30(32)24-9-5-6-10-28(24)38)11-12-25-31(26)35(42)37(34(25)41)22-13-15-36(16-14-22)19-21-7-3-2-4-8-21/h2-11,17,22,25-26,30-31,38H,12-16,18-19H2,1H3/t25-,26+,30+,31-/m0/s1. The zero-order valence-electron chi connectivity index (χ0n) is 23.7. The molecule has 0 radical (unpaired) electrons. The maximum absolute atomic E-state index is 14.2. The summed E-state index contributed by atoms with van der Waals surface area (Å²) < 4.78 is 0. The van der Waals surface area contributed by atoms with Crippen LogP contribution in [0.4, 0.5) is 0 Å². The number of hydrogen-bond donors (Lipinski definition) is 1. The number of Topliss-reactive ketones (excluding diaryl/α,β-unsaturated/α-hetero) is 1. The van der Waals surface area contributed by atoms with Gasteiger partial charge in [-0.05, 0) is 56.2 Å². The van der Waals surface area contributed by atoms with E-state index in [1.807, 2.05) is 24.3 Å². The van der Waals surface area contributed by atoms with Crippen molar-refractivity contribution in [2.75, 3.05) is 13.1 Å². The third kappa shape index (κ3) is 4.21. The second-order valence-electron chi connectivity index (χ2n) is 12.3. The number of ketones is 2. The van der Waals surface area contributed by atoms with Gasteiger partial charge in [0.05, 0.1) is 11.8 Å². The molecule has 0 aromatic heterocycles. The van der Waals surface area contributed by atoms with Crippen LogP contribution in [0.15, 0.2) is 89.0 Å². The summed E-state index contributed by atoms with van der Waals surface area (Å²) in [4.78, 5) is 58.7. The van der Waals surface area contributed by atoms with Crippen LogP contribution in [0.1, 0.15) is 49.7 Å². The molecule has 2 aliphatic heterocycles. The lowest BCUT2D eigenvalue weighted by Gasteiger charge is -2.42. The van der Waals surface area contributed by atoms with E-state index in [0.717, 1.165) is 38.0 Å². The fourth-order valence-electron chi connectivity index (χ4n) is 8.03. The highest BCUT2D eigenvalue weighted by Gasteiger charge is 2.57. The highest BCUT2D eigenvalue weighted by Crippen LogP contribution is 2.56. The van der Waals surface area contributed by atoms with E-state index in [0.29, 0.717) is 28.7 Å². The van der Waals surface area contributed by atoms with Crippen LogP contribution in [0.5, 0.6) is 5.75 Å². The van der Waals surface area contributed by atoms with Crippen molar-refractivity contribution in [1.29, 1.82) is 0 Å². The molecule has 2 saturated heterocycles. The second kappa shape index (κ2) is 10.3. The number of amides is 2. The van der Waals surface area contributed by atoms with E-state index in [1.54, 1.807) is 36.1 Å². The van der Waals surface area contributed by atoms with Gasteiger partial charge in [-0.15, -0.1) is 0 Å². The molecule has 2 fully saturated rings. The van der Waals surface area contributed by atoms with Gasteiger partial charge in [0.25, 0.3) is 0 Å². The molecule has 2 aromatic carbocycles. The molecule has 0 saturated carbocycles. The minimum absolute atomic E-state index is 0.0438. The number of phenols is 1.